The van der Waals surface area contributed by atoms with Gasteiger partial charge in [-0.3, -0.25) is 19.7 Å². The number of amides is 2. The highest BCUT2D eigenvalue weighted by molar-refractivity contribution is 6.06. The van der Waals surface area contributed by atoms with Gasteiger partial charge in [0.05, 0.1) is 16.2 Å². The van der Waals surface area contributed by atoms with Gasteiger partial charge in [-0.1, -0.05) is 55.4 Å². The molecule has 7 nitrogen and oxygen atoms in total. The van der Waals surface area contributed by atoms with E-state index in [4.69, 9.17) is 5.73 Å². The molecule has 0 saturated heterocycles. The van der Waals surface area contributed by atoms with Gasteiger partial charge >= 0.3 is 0 Å². The minimum atomic E-state index is -0.790. The molecular weight excluding hydrogens is 430 g/mol. The maximum Gasteiger partial charge on any atom is 0.271 e. The number of nitrogens with zero attached hydrogens (tertiary/aromatic N) is 1. The lowest BCUT2D eigenvalue weighted by molar-refractivity contribution is -0.384. The van der Waals surface area contributed by atoms with Crippen LogP contribution in [0, 0.1) is 15.5 Å². The van der Waals surface area contributed by atoms with Crippen LogP contribution in [0.2, 0.25) is 0 Å². The first kappa shape index (κ1) is 26.5. The van der Waals surface area contributed by atoms with E-state index in [-0.39, 0.29) is 22.4 Å². The van der Waals surface area contributed by atoms with Crippen molar-refractivity contribution in [2.45, 2.75) is 53.9 Å². The third-order valence-corrected chi connectivity index (χ3v) is 5.87. The number of rotatable bonds is 8. The van der Waals surface area contributed by atoms with Crippen molar-refractivity contribution < 1.29 is 14.5 Å². The Kier molecular flexibility index (Phi) is 8.90. The molecule has 0 fully saturated rings. The van der Waals surface area contributed by atoms with Crippen LogP contribution < -0.4 is 11.1 Å². The highest BCUT2D eigenvalue weighted by Gasteiger charge is 2.26. The molecule has 0 heterocycles. The molecule has 1 aromatic carbocycles. The molecule has 0 spiro atoms. The normalized spacial score (nSPS) is 16.9. The summed E-state index contributed by atoms with van der Waals surface area (Å²) in [5, 5.41) is 13.5. The van der Waals surface area contributed by atoms with Gasteiger partial charge in [-0.05, 0) is 62.7 Å². The van der Waals surface area contributed by atoms with E-state index in [1.165, 1.54) is 36.1 Å². The lowest BCUT2D eigenvalue weighted by Crippen LogP contribution is -2.19. The van der Waals surface area contributed by atoms with E-state index in [1.807, 2.05) is 19.1 Å². The predicted molar refractivity (Wildman–Crippen MR) is 136 cm³/mol. The van der Waals surface area contributed by atoms with Crippen LogP contribution >= 0.6 is 0 Å². The van der Waals surface area contributed by atoms with Crippen LogP contribution in [0.4, 0.5) is 11.4 Å². The average Bonchev–Trinajstić information content (AvgIpc) is 2.72. The number of hydrogen-bond acceptors (Lipinski definition) is 4. The molecule has 1 aliphatic rings. The first-order valence-corrected chi connectivity index (χ1v) is 11.2. The monoisotopic (exact) mass is 463 g/mol. The minimum Gasteiger partial charge on any atom is -0.366 e. The minimum absolute atomic E-state index is 0.00242. The quantitative estimate of drug-likeness (QED) is 0.208. The average molecular weight is 464 g/mol. The van der Waals surface area contributed by atoms with Gasteiger partial charge in [0.1, 0.15) is 0 Å². The number of primary amides is 1. The van der Waals surface area contributed by atoms with Crippen molar-refractivity contribution >= 4 is 23.2 Å². The maximum atomic E-state index is 12.4. The zero-order chi connectivity index (χ0) is 25.5. The van der Waals surface area contributed by atoms with Crippen molar-refractivity contribution in [3.05, 3.63) is 92.6 Å². The van der Waals surface area contributed by atoms with Crippen molar-refractivity contribution in [3.63, 3.8) is 0 Å². The number of nitrogens with two attached hydrogens (primary N) is 1. The number of benzene rings is 1. The highest BCUT2D eigenvalue weighted by atomic mass is 16.6. The summed E-state index contributed by atoms with van der Waals surface area (Å²) in [6.07, 6.45) is 14.8. The van der Waals surface area contributed by atoms with Crippen LogP contribution in [0.15, 0.2) is 76.9 Å². The zero-order valence-corrected chi connectivity index (χ0v) is 20.5. The molecule has 0 bridgehead atoms. The van der Waals surface area contributed by atoms with Gasteiger partial charge in [-0.2, -0.15) is 0 Å². The van der Waals surface area contributed by atoms with Gasteiger partial charge in [-0.15, -0.1) is 0 Å². The Morgan fingerprint density at radius 3 is 2.50 bits per heavy atom. The highest BCUT2D eigenvalue weighted by Crippen LogP contribution is 2.40. The predicted octanol–water partition coefficient (Wildman–Crippen LogP) is 6.16. The first-order chi connectivity index (χ1) is 15.9. The van der Waals surface area contributed by atoms with Crippen LogP contribution in [0.25, 0.3) is 0 Å². The third-order valence-electron chi connectivity index (χ3n) is 5.87. The zero-order valence-electron chi connectivity index (χ0n) is 20.5. The van der Waals surface area contributed by atoms with Crippen LogP contribution in [-0.2, 0) is 4.79 Å². The van der Waals surface area contributed by atoms with Crippen molar-refractivity contribution in [3.8, 4) is 0 Å². The number of nitro benzene ring substituents is 1. The van der Waals surface area contributed by atoms with E-state index < -0.39 is 16.7 Å². The number of nitro groups is 1. The van der Waals surface area contributed by atoms with Gasteiger partial charge in [-0.25, -0.2) is 0 Å². The second-order valence-electron chi connectivity index (χ2n) is 9.26. The second kappa shape index (κ2) is 11.4. The fraction of sp³-hybridized carbons (Fsp3) is 0.333. The van der Waals surface area contributed by atoms with Gasteiger partial charge in [0.2, 0.25) is 5.91 Å². The molecule has 0 unspecified atom stereocenters. The van der Waals surface area contributed by atoms with Crippen molar-refractivity contribution in [1.29, 1.82) is 0 Å². The van der Waals surface area contributed by atoms with Gasteiger partial charge in [0, 0.05) is 18.2 Å². The van der Waals surface area contributed by atoms with E-state index in [0.717, 1.165) is 24.1 Å². The molecule has 2 rings (SSSR count). The SMILES string of the molecule is CC(C=CC1=C(C)CCCC1(C)C)=CC=CC(C)=CC(=O)Nc1cc([N+](=O)[O-])ccc1C(N)=O. The number of anilines is 1. The number of nitrogens with one attached hydrogen (secondary N) is 1. The van der Waals surface area contributed by atoms with Crippen LogP contribution in [0.1, 0.15) is 64.2 Å². The van der Waals surface area contributed by atoms with Gasteiger partial charge in [0.15, 0.2) is 0 Å². The van der Waals surface area contributed by atoms with Crippen molar-refractivity contribution in [2.75, 3.05) is 5.32 Å². The van der Waals surface area contributed by atoms with Crippen molar-refractivity contribution in [2.24, 2.45) is 11.1 Å². The fourth-order valence-electron chi connectivity index (χ4n) is 4.02. The van der Waals surface area contributed by atoms with E-state index in [1.54, 1.807) is 13.0 Å². The summed E-state index contributed by atoms with van der Waals surface area (Å²) in [5.41, 5.74) is 9.84. The molecule has 1 aliphatic carbocycles. The Morgan fingerprint density at radius 2 is 1.88 bits per heavy atom. The summed E-state index contributed by atoms with van der Waals surface area (Å²) in [7, 11) is 0. The molecule has 0 atom stereocenters. The Hall–Kier alpha value is -3.74. The number of allylic oxidation sites excluding steroid dienone is 9. The van der Waals surface area contributed by atoms with Gasteiger partial charge < -0.3 is 11.1 Å². The Balaban J connectivity index is 2.08. The van der Waals surface area contributed by atoms with Crippen molar-refractivity contribution in [1.82, 2.24) is 0 Å². The number of carbonyl (C=O) groups is 2. The Bertz CT molecular complexity index is 1130. The summed E-state index contributed by atoms with van der Waals surface area (Å²) in [5.74, 6) is -1.31. The first-order valence-electron chi connectivity index (χ1n) is 11.2. The summed E-state index contributed by atoms with van der Waals surface area (Å²) in [6, 6.07) is 3.50. The summed E-state index contributed by atoms with van der Waals surface area (Å²) in [4.78, 5) is 34.3. The molecule has 7 heteroatoms. The molecule has 2 amide bonds. The molecule has 0 aliphatic heterocycles. The fourth-order valence-corrected chi connectivity index (χ4v) is 4.02. The number of carbonyl (C=O) groups excluding carboxylic acids is 2. The lowest BCUT2D eigenvalue weighted by Gasteiger charge is -2.32. The standard InChI is InChI=1S/C27H33N3O4/c1-18(11-14-23-20(3)10-7-15-27(23,4)5)8-6-9-19(2)16-25(31)29-24-17-21(30(33)34)12-13-22(24)26(28)32/h6,8-9,11-14,16-17H,7,10,15H2,1-5H3,(H2,28,32)(H,29,31). The van der Waals surface area contributed by atoms with Gasteiger partial charge in [0.25, 0.3) is 11.6 Å². The molecule has 34 heavy (non-hydrogen) atoms. The molecule has 180 valence electrons. The Morgan fingerprint density at radius 1 is 1.18 bits per heavy atom. The summed E-state index contributed by atoms with van der Waals surface area (Å²) < 4.78 is 0. The van der Waals surface area contributed by atoms with Crippen LogP contribution in [0.5, 0.6) is 0 Å². The molecule has 3 N–H and O–H groups in total. The molecular formula is C27H33N3O4. The molecule has 0 saturated carbocycles. The topological polar surface area (TPSA) is 115 Å². The summed E-state index contributed by atoms with van der Waals surface area (Å²) >= 11 is 0. The van der Waals surface area contributed by atoms with Crippen LogP contribution in [-0.4, -0.2) is 16.7 Å². The smallest absolute Gasteiger partial charge is 0.271 e. The van der Waals surface area contributed by atoms with E-state index >= 15 is 0 Å². The second-order valence-corrected chi connectivity index (χ2v) is 9.26. The maximum absolute atomic E-state index is 12.4. The van der Waals surface area contributed by atoms with E-state index in [2.05, 4.69) is 38.2 Å². The van der Waals surface area contributed by atoms with E-state index in [0.29, 0.717) is 5.57 Å². The largest absolute Gasteiger partial charge is 0.366 e. The van der Waals surface area contributed by atoms with E-state index in [9.17, 15) is 19.7 Å². The third kappa shape index (κ3) is 7.40. The lowest BCUT2D eigenvalue weighted by atomic mass is 9.72. The van der Waals surface area contributed by atoms with Crippen LogP contribution in [0.3, 0.4) is 0 Å². The number of hydrogen-bond donors (Lipinski definition) is 2. The molecule has 0 aromatic heterocycles. The summed E-state index contributed by atoms with van der Waals surface area (Å²) in [6.45, 7) is 10.6. The Labute approximate surface area is 201 Å². The number of non-ortho nitro benzene ring substituents is 1. The molecule has 1 aromatic rings. The molecule has 0 radical (unpaired) electrons.